The second-order valence-electron chi connectivity index (χ2n) is 6.84. The molecule has 0 bridgehead atoms. The molecule has 30 heavy (non-hydrogen) atoms. The number of halogens is 1. The van der Waals surface area contributed by atoms with Crippen LogP contribution in [0.3, 0.4) is 0 Å². The Morgan fingerprint density at radius 2 is 2.00 bits per heavy atom. The maximum absolute atomic E-state index is 14.0. The van der Waals surface area contributed by atoms with E-state index in [9.17, 15) is 9.18 Å². The van der Waals surface area contributed by atoms with Gasteiger partial charge >= 0.3 is 0 Å². The molecule has 1 amide bonds. The molecule has 4 rings (SSSR count). The summed E-state index contributed by atoms with van der Waals surface area (Å²) in [5, 5.41) is 11.7. The number of aromatic nitrogens is 5. The van der Waals surface area contributed by atoms with E-state index < -0.39 is 0 Å². The van der Waals surface area contributed by atoms with Crippen molar-refractivity contribution in [3.8, 4) is 0 Å². The Morgan fingerprint density at radius 1 is 1.17 bits per heavy atom. The van der Waals surface area contributed by atoms with Gasteiger partial charge in [-0.15, -0.1) is 5.10 Å². The average molecular weight is 422 g/mol. The molecule has 2 aromatic carbocycles. The van der Waals surface area contributed by atoms with E-state index in [0.717, 1.165) is 16.8 Å². The van der Waals surface area contributed by atoms with Crippen LogP contribution in [0, 0.1) is 19.7 Å². The largest absolute Gasteiger partial charge is 0.325 e. The Bertz CT molecular complexity index is 1230. The van der Waals surface area contributed by atoms with Crippen LogP contribution in [0.25, 0.3) is 11.2 Å². The molecule has 0 fully saturated rings. The summed E-state index contributed by atoms with van der Waals surface area (Å²) in [6.45, 7) is 4.17. The molecule has 0 spiro atoms. The molecular weight excluding hydrogens is 403 g/mol. The first kappa shape index (κ1) is 20.0. The second-order valence-corrected chi connectivity index (χ2v) is 7.81. The number of carbonyl (C=O) groups excluding carboxylic acids is 1. The predicted octanol–water partition coefficient (Wildman–Crippen LogP) is 3.76. The van der Waals surface area contributed by atoms with Crippen molar-refractivity contribution in [1.29, 1.82) is 0 Å². The highest BCUT2D eigenvalue weighted by atomic mass is 32.2. The van der Waals surface area contributed by atoms with Gasteiger partial charge in [-0.25, -0.2) is 19.0 Å². The van der Waals surface area contributed by atoms with Crippen LogP contribution in [0.15, 0.2) is 53.8 Å². The fourth-order valence-corrected chi connectivity index (χ4v) is 3.78. The number of rotatable bonds is 6. The van der Waals surface area contributed by atoms with Crippen LogP contribution in [-0.2, 0) is 11.3 Å². The molecule has 2 aromatic heterocycles. The summed E-state index contributed by atoms with van der Waals surface area (Å²) in [6, 6.07) is 12.4. The van der Waals surface area contributed by atoms with E-state index in [1.807, 2.05) is 32.0 Å². The molecule has 7 nitrogen and oxygen atoms in total. The molecule has 9 heteroatoms. The minimum atomic E-state index is -0.312. The lowest BCUT2D eigenvalue weighted by Crippen LogP contribution is -2.15. The topological polar surface area (TPSA) is 85.6 Å². The number of hydrogen-bond donors (Lipinski definition) is 1. The predicted molar refractivity (Wildman–Crippen MR) is 114 cm³/mol. The van der Waals surface area contributed by atoms with E-state index in [4.69, 9.17) is 0 Å². The quantitative estimate of drug-likeness (QED) is 0.376. The first-order valence-corrected chi connectivity index (χ1v) is 10.3. The number of nitrogens with one attached hydrogen (secondary N) is 1. The standard InChI is InChI=1S/C21H19FN6OS/c1-13-7-8-17(14(2)9-13)25-18(29)11-30-21-19-20(23-12-24-21)28(27-26-19)10-15-5-3-4-6-16(15)22/h3-9,12H,10-11H2,1-2H3,(H,25,29). The molecular formula is C21H19FN6OS. The number of thioether (sulfide) groups is 1. The third-order valence-electron chi connectivity index (χ3n) is 4.54. The summed E-state index contributed by atoms with van der Waals surface area (Å²) in [5.74, 6) is -0.287. The van der Waals surface area contributed by atoms with Crippen LogP contribution in [0.5, 0.6) is 0 Å². The Morgan fingerprint density at radius 3 is 2.80 bits per heavy atom. The fourth-order valence-electron chi connectivity index (χ4n) is 3.05. The van der Waals surface area contributed by atoms with Gasteiger partial charge in [0.05, 0.1) is 12.3 Å². The first-order chi connectivity index (χ1) is 14.5. The molecule has 1 N–H and O–H groups in total. The number of amides is 1. The second kappa shape index (κ2) is 8.58. The highest BCUT2D eigenvalue weighted by Crippen LogP contribution is 2.24. The molecule has 0 aliphatic carbocycles. The van der Waals surface area contributed by atoms with Gasteiger partial charge in [-0.05, 0) is 31.5 Å². The third kappa shape index (κ3) is 4.30. The minimum absolute atomic E-state index is 0.141. The van der Waals surface area contributed by atoms with Crippen molar-refractivity contribution in [3.05, 3.63) is 71.3 Å². The van der Waals surface area contributed by atoms with Crippen LogP contribution in [-0.4, -0.2) is 36.6 Å². The van der Waals surface area contributed by atoms with Crippen molar-refractivity contribution in [2.45, 2.75) is 25.4 Å². The van der Waals surface area contributed by atoms with Gasteiger partial charge in [0.25, 0.3) is 0 Å². The lowest BCUT2D eigenvalue weighted by atomic mass is 10.1. The molecule has 0 radical (unpaired) electrons. The average Bonchev–Trinajstić information content (AvgIpc) is 3.14. The first-order valence-electron chi connectivity index (χ1n) is 9.29. The van der Waals surface area contributed by atoms with Crippen molar-refractivity contribution < 1.29 is 9.18 Å². The summed E-state index contributed by atoms with van der Waals surface area (Å²) in [7, 11) is 0. The Kier molecular flexibility index (Phi) is 5.71. The van der Waals surface area contributed by atoms with Gasteiger partial charge in [0.1, 0.15) is 17.2 Å². The lowest BCUT2D eigenvalue weighted by Gasteiger charge is -2.09. The molecule has 0 saturated carbocycles. The molecule has 152 valence electrons. The Labute approximate surface area is 176 Å². The van der Waals surface area contributed by atoms with Gasteiger partial charge in [-0.2, -0.15) is 0 Å². The number of nitrogens with zero attached hydrogens (tertiary/aromatic N) is 5. The van der Waals surface area contributed by atoms with Gasteiger partial charge in [0, 0.05) is 11.3 Å². The van der Waals surface area contributed by atoms with Crippen molar-refractivity contribution in [1.82, 2.24) is 25.0 Å². The Balaban J connectivity index is 1.48. The normalized spacial score (nSPS) is 11.0. The van der Waals surface area contributed by atoms with E-state index in [1.165, 1.54) is 28.8 Å². The van der Waals surface area contributed by atoms with Crippen LogP contribution in [0.4, 0.5) is 10.1 Å². The molecule has 4 aromatic rings. The summed E-state index contributed by atoms with van der Waals surface area (Å²) >= 11 is 1.26. The molecule has 2 heterocycles. The van der Waals surface area contributed by atoms with E-state index in [2.05, 4.69) is 25.6 Å². The highest BCUT2D eigenvalue weighted by Gasteiger charge is 2.15. The third-order valence-corrected chi connectivity index (χ3v) is 5.52. The molecule has 0 aliphatic rings. The zero-order chi connectivity index (χ0) is 21.1. The monoisotopic (exact) mass is 422 g/mol. The molecule has 0 atom stereocenters. The number of anilines is 1. The molecule has 0 saturated heterocycles. The molecule has 0 unspecified atom stereocenters. The van der Waals surface area contributed by atoms with Gasteiger partial charge in [-0.1, -0.05) is 52.9 Å². The lowest BCUT2D eigenvalue weighted by molar-refractivity contribution is -0.113. The SMILES string of the molecule is Cc1ccc(NC(=O)CSc2ncnc3c2nnn3Cc2ccccc2F)c(C)c1. The van der Waals surface area contributed by atoms with Gasteiger partial charge < -0.3 is 5.32 Å². The fraction of sp³-hybridized carbons (Fsp3) is 0.190. The summed E-state index contributed by atoms with van der Waals surface area (Å²) in [4.78, 5) is 20.9. The van der Waals surface area contributed by atoms with Crippen molar-refractivity contribution >= 4 is 34.5 Å². The zero-order valence-electron chi connectivity index (χ0n) is 16.5. The maximum Gasteiger partial charge on any atom is 0.234 e. The minimum Gasteiger partial charge on any atom is -0.325 e. The number of aryl methyl sites for hydroxylation is 2. The van der Waals surface area contributed by atoms with Crippen LogP contribution in [0.2, 0.25) is 0 Å². The summed E-state index contributed by atoms with van der Waals surface area (Å²) in [5.41, 5.74) is 4.40. The number of fused-ring (bicyclic) bond motifs is 1. The summed E-state index contributed by atoms with van der Waals surface area (Å²) < 4.78 is 15.5. The molecule has 0 aliphatic heterocycles. The van der Waals surface area contributed by atoms with Crippen molar-refractivity contribution in [3.63, 3.8) is 0 Å². The van der Waals surface area contributed by atoms with Gasteiger partial charge in [-0.3, -0.25) is 4.79 Å². The number of benzene rings is 2. The zero-order valence-corrected chi connectivity index (χ0v) is 17.3. The van der Waals surface area contributed by atoms with Crippen molar-refractivity contribution in [2.75, 3.05) is 11.1 Å². The van der Waals surface area contributed by atoms with E-state index >= 15 is 0 Å². The smallest absolute Gasteiger partial charge is 0.234 e. The van der Waals surface area contributed by atoms with Crippen molar-refractivity contribution in [2.24, 2.45) is 0 Å². The maximum atomic E-state index is 14.0. The van der Waals surface area contributed by atoms with E-state index in [1.54, 1.807) is 18.2 Å². The van der Waals surface area contributed by atoms with Crippen LogP contribution >= 0.6 is 11.8 Å². The number of carbonyl (C=O) groups is 1. The van der Waals surface area contributed by atoms with Crippen LogP contribution in [0.1, 0.15) is 16.7 Å². The number of hydrogen-bond acceptors (Lipinski definition) is 6. The van der Waals surface area contributed by atoms with Gasteiger partial charge in [0.15, 0.2) is 11.2 Å². The highest BCUT2D eigenvalue weighted by molar-refractivity contribution is 8.00. The van der Waals surface area contributed by atoms with Gasteiger partial charge in [0.2, 0.25) is 5.91 Å². The Hall–Kier alpha value is -3.33. The summed E-state index contributed by atoms with van der Waals surface area (Å²) in [6.07, 6.45) is 1.40. The van der Waals surface area contributed by atoms with E-state index in [0.29, 0.717) is 21.8 Å². The van der Waals surface area contributed by atoms with E-state index in [-0.39, 0.29) is 24.0 Å². The van der Waals surface area contributed by atoms with Crippen LogP contribution < -0.4 is 5.32 Å².